The van der Waals surface area contributed by atoms with Crippen molar-refractivity contribution in [1.82, 2.24) is 15.0 Å². The van der Waals surface area contributed by atoms with Gasteiger partial charge in [-0.15, -0.1) is 11.3 Å². The summed E-state index contributed by atoms with van der Waals surface area (Å²) in [6.45, 7) is 3.68. The molecule has 2 aromatic heterocycles. The van der Waals surface area contributed by atoms with Crippen molar-refractivity contribution in [2.24, 2.45) is 0 Å². The summed E-state index contributed by atoms with van der Waals surface area (Å²) in [5, 5.41) is 4.45. The first-order valence-electron chi connectivity index (χ1n) is 9.55. The molecule has 1 aliphatic heterocycles. The van der Waals surface area contributed by atoms with E-state index in [9.17, 15) is 9.59 Å². The zero-order valence-electron chi connectivity index (χ0n) is 16.4. The third-order valence-electron chi connectivity index (χ3n) is 4.84. The summed E-state index contributed by atoms with van der Waals surface area (Å²) in [5.74, 6) is -0.0129. The Morgan fingerprint density at radius 2 is 1.87 bits per heavy atom. The van der Waals surface area contributed by atoms with Gasteiger partial charge in [0.2, 0.25) is 11.7 Å². The van der Waals surface area contributed by atoms with Gasteiger partial charge in [-0.05, 0) is 42.8 Å². The number of piperazine rings is 1. The number of nitrogens with zero attached hydrogens (tertiary/aromatic N) is 3. The molecule has 0 spiro atoms. The van der Waals surface area contributed by atoms with Gasteiger partial charge in [0.15, 0.2) is 0 Å². The minimum atomic E-state index is -0.189. The van der Waals surface area contributed by atoms with Gasteiger partial charge >= 0.3 is 0 Å². The maximum atomic E-state index is 12.5. The van der Waals surface area contributed by atoms with E-state index in [1.807, 2.05) is 42.5 Å². The highest BCUT2D eigenvalue weighted by molar-refractivity contribution is 7.16. The van der Waals surface area contributed by atoms with E-state index in [1.54, 1.807) is 40.2 Å². The third kappa shape index (κ3) is 4.63. The van der Waals surface area contributed by atoms with E-state index in [1.165, 1.54) is 0 Å². The van der Waals surface area contributed by atoms with E-state index < -0.39 is 0 Å². The molecule has 0 aliphatic carbocycles. The van der Waals surface area contributed by atoms with Crippen LogP contribution in [0.2, 0.25) is 5.02 Å². The Balaban J connectivity index is 1.33. The fourth-order valence-electron chi connectivity index (χ4n) is 3.25. The van der Waals surface area contributed by atoms with Gasteiger partial charge in [0.1, 0.15) is 0 Å². The summed E-state index contributed by atoms with van der Waals surface area (Å²) >= 11 is 7.67. The molecule has 2 amide bonds. The molecule has 3 aromatic rings. The second kappa shape index (κ2) is 8.85. The summed E-state index contributed by atoms with van der Waals surface area (Å²) in [4.78, 5) is 30.5. The lowest BCUT2D eigenvalue weighted by molar-refractivity contribution is -0.127. The second-order valence-corrected chi connectivity index (χ2v) is 8.55. The molecule has 0 bridgehead atoms. The number of hydrogen-bond donors (Lipinski definition) is 0. The van der Waals surface area contributed by atoms with Crippen molar-refractivity contribution < 1.29 is 14.1 Å². The number of carbonyl (C=O) groups excluding carboxylic acids is 2. The molecule has 0 saturated carbocycles. The topological polar surface area (TPSA) is 66.7 Å². The molecule has 1 saturated heterocycles. The summed E-state index contributed by atoms with van der Waals surface area (Å²) < 4.78 is 5.04. The molecule has 154 valence electrons. The second-order valence-electron chi connectivity index (χ2n) is 7.00. The number of hydrogen-bond acceptors (Lipinski definition) is 5. The number of benzene rings is 1. The lowest BCUT2D eigenvalue weighted by Gasteiger charge is -2.33. The standard InChI is InChI=1S/C22H20ClN3O3S/c1-15-13-19(29-24-15)22(28)26-11-9-25(10-12-26)21(27)8-6-18-5-7-20(30-18)16-3-2-4-17(23)14-16/h2-8,13-14H,9-12H2,1H3/b8-6+. The lowest BCUT2D eigenvalue weighted by Crippen LogP contribution is -2.50. The van der Waals surface area contributed by atoms with Crippen molar-refractivity contribution >= 4 is 40.8 Å². The van der Waals surface area contributed by atoms with Gasteiger partial charge in [-0.1, -0.05) is 28.9 Å². The fourth-order valence-corrected chi connectivity index (χ4v) is 4.35. The van der Waals surface area contributed by atoms with E-state index >= 15 is 0 Å². The molecular weight excluding hydrogens is 422 g/mol. The predicted octanol–water partition coefficient (Wildman–Crippen LogP) is 4.36. The molecule has 1 aliphatic rings. The Hall–Kier alpha value is -2.90. The molecule has 1 aromatic carbocycles. The van der Waals surface area contributed by atoms with Crippen molar-refractivity contribution in [2.75, 3.05) is 26.2 Å². The van der Waals surface area contributed by atoms with Gasteiger partial charge in [0.05, 0.1) is 5.69 Å². The zero-order valence-corrected chi connectivity index (χ0v) is 17.9. The van der Waals surface area contributed by atoms with Crippen molar-refractivity contribution in [1.29, 1.82) is 0 Å². The molecule has 0 unspecified atom stereocenters. The number of rotatable bonds is 4. The number of amides is 2. The Labute approximate surface area is 183 Å². The molecule has 0 radical (unpaired) electrons. The number of thiophene rings is 1. The lowest BCUT2D eigenvalue weighted by atomic mass is 10.2. The van der Waals surface area contributed by atoms with Crippen LogP contribution in [0.3, 0.4) is 0 Å². The largest absolute Gasteiger partial charge is 0.351 e. The first kappa shape index (κ1) is 20.4. The summed E-state index contributed by atoms with van der Waals surface area (Å²) in [6, 6.07) is 13.3. The van der Waals surface area contributed by atoms with Crippen LogP contribution in [0.5, 0.6) is 0 Å². The highest BCUT2D eigenvalue weighted by atomic mass is 35.5. The van der Waals surface area contributed by atoms with Crippen LogP contribution in [0.25, 0.3) is 16.5 Å². The predicted molar refractivity (Wildman–Crippen MR) is 118 cm³/mol. The smallest absolute Gasteiger partial charge is 0.292 e. The van der Waals surface area contributed by atoms with Crippen LogP contribution in [-0.2, 0) is 4.79 Å². The molecule has 3 heterocycles. The number of halogens is 1. The van der Waals surface area contributed by atoms with Crippen molar-refractivity contribution in [3.63, 3.8) is 0 Å². The van der Waals surface area contributed by atoms with Crippen LogP contribution < -0.4 is 0 Å². The maximum absolute atomic E-state index is 12.5. The fraction of sp³-hybridized carbons (Fsp3) is 0.227. The molecule has 0 N–H and O–H groups in total. The Kier molecular flexibility index (Phi) is 6.01. The number of aryl methyl sites for hydroxylation is 1. The SMILES string of the molecule is Cc1cc(C(=O)N2CCN(C(=O)/C=C/c3ccc(-c4cccc(Cl)c4)s3)CC2)on1. The van der Waals surface area contributed by atoms with E-state index in [0.29, 0.717) is 36.9 Å². The van der Waals surface area contributed by atoms with E-state index in [4.69, 9.17) is 16.1 Å². The van der Waals surface area contributed by atoms with Crippen molar-refractivity contribution in [3.8, 4) is 10.4 Å². The van der Waals surface area contributed by atoms with Gasteiger partial charge in [-0.25, -0.2) is 0 Å². The van der Waals surface area contributed by atoms with Crippen LogP contribution in [-0.4, -0.2) is 52.9 Å². The van der Waals surface area contributed by atoms with Gasteiger partial charge in [0, 0.05) is 53.1 Å². The molecule has 6 nitrogen and oxygen atoms in total. The van der Waals surface area contributed by atoms with Crippen LogP contribution >= 0.6 is 22.9 Å². The molecule has 4 rings (SSSR count). The molecule has 8 heteroatoms. The van der Waals surface area contributed by atoms with Crippen molar-refractivity contribution in [2.45, 2.75) is 6.92 Å². The first-order chi connectivity index (χ1) is 14.5. The number of aromatic nitrogens is 1. The van der Waals surface area contributed by atoms with Crippen LogP contribution in [0, 0.1) is 6.92 Å². The van der Waals surface area contributed by atoms with Crippen LogP contribution in [0.1, 0.15) is 21.1 Å². The Morgan fingerprint density at radius 3 is 2.57 bits per heavy atom. The summed E-state index contributed by atoms with van der Waals surface area (Å²) in [6.07, 6.45) is 3.42. The van der Waals surface area contributed by atoms with Gasteiger partial charge in [-0.3, -0.25) is 9.59 Å². The maximum Gasteiger partial charge on any atom is 0.292 e. The van der Waals surface area contributed by atoms with E-state index in [2.05, 4.69) is 5.16 Å². The summed E-state index contributed by atoms with van der Waals surface area (Å²) in [7, 11) is 0. The van der Waals surface area contributed by atoms with Crippen LogP contribution in [0.15, 0.2) is 53.1 Å². The molecule has 30 heavy (non-hydrogen) atoms. The van der Waals surface area contributed by atoms with Gasteiger partial charge in [-0.2, -0.15) is 0 Å². The number of carbonyl (C=O) groups is 2. The molecule has 0 atom stereocenters. The monoisotopic (exact) mass is 441 g/mol. The first-order valence-corrected chi connectivity index (χ1v) is 10.7. The molecule has 1 fully saturated rings. The van der Waals surface area contributed by atoms with Gasteiger partial charge in [0.25, 0.3) is 5.91 Å². The highest BCUT2D eigenvalue weighted by Gasteiger charge is 2.26. The Morgan fingerprint density at radius 1 is 1.10 bits per heavy atom. The zero-order chi connectivity index (χ0) is 21.1. The average Bonchev–Trinajstić information content (AvgIpc) is 3.41. The minimum Gasteiger partial charge on any atom is -0.351 e. The Bertz CT molecular complexity index is 1100. The quantitative estimate of drug-likeness (QED) is 0.564. The highest BCUT2D eigenvalue weighted by Crippen LogP contribution is 2.30. The average molecular weight is 442 g/mol. The van der Waals surface area contributed by atoms with Crippen LogP contribution in [0.4, 0.5) is 0 Å². The van der Waals surface area contributed by atoms with Crippen molar-refractivity contribution in [3.05, 3.63) is 69.9 Å². The third-order valence-corrected chi connectivity index (χ3v) is 6.18. The summed E-state index contributed by atoms with van der Waals surface area (Å²) in [5.41, 5.74) is 1.73. The van der Waals surface area contributed by atoms with E-state index in [0.717, 1.165) is 15.3 Å². The normalized spacial score (nSPS) is 14.5. The molecular formula is C22H20ClN3O3S. The van der Waals surface area contributed by atoms with Gasteiger partial charge < -0.3 is 14.3 Å². The van der Waals surface area contributed by atoms with E-state index in [-0.39, 0.29) is 17.6 Å². The minimum absolute atomic E-state index is 0.0599.